The molecule has 0 saturated carbocycles. The Morgan fingerprint density at radius 2 is 1.88 bits per heavy atom. The summed E-state index contributed by atoms with van der Waals surface area (Å²) < 4.78 is 44.8. The van der Waals surface area contributed by atoms with E-state index in [1.165, 1.54) is 51.5 Å². The maximum Gasteiger partial charge on any atom is 0.242 e. The van der Waals surface area contributed by atoms with E-state index in [4.69, 9.17) is 4.74 Å². The van der Waals surface area contributed by atoms with Gasteiger partial charge < -0.3 is 9.72 Å². The van der Waals surface area contributed by atoms with Crippen LogP contribution in [0.25, 0.3) is 22.2 Å². The number of aldehydes is 1. The number of fused-ring (bicyclic) bond motifs is 1. The van der Waals surface area contributed by atoms with Crippen LogP contribution in [-0.2, 0) is 10.0 Å². The zero-order valence-electron chi connectivity index (χ0n) is 14.4. The van der Waals surface area contributed by atoms with Crippen molar-refractivity contribution in [1.82, 2.24) is 9.29 Å². The summed E-state index contributed by atoms with van der Waals surface area (Å²) in [5, 5.41) is 0.434. The average molecular weight is 376 g/mol. The first-order chi connectivity index (χ1) is 12.3. The van der Waals surface area contributed by atoms with Gasteiger partial charge in [-0.2, -0.15) is 0 Å². The number of aromatic amines is 1. The van der Waals surface area contributed by atoms with Crippen molar-refractivity contribution >= 4 is 27.2 Å². The van der Waals surface area contributed by atoms with Crippen molar-refractivity contribution in [3.05, 3.63) is 47.8 Å². The topological polar surface area (TPSA) is 79.5 Å². The summed E-state index contributed by atoms with van der Waals surface area (Å²) in [6, 6.07) is 8.44. The molecule has 1 heterocycles. The molecular formula is C18H17FN2O4S. The largest absolute Gasteiger partial charge is 0.496 e. The summed E-state index contributed by atoms with van der Waals surface area (Å²) >= 11 is 0. The molecule has 0 spiro atoms. The second-order valence-electron chi connectivity index (χ2n) is 5.87. The van der Waals surface area contributed by atoms with Gasteiger partial charge in [-0.1, -0.05) is 0 Å². The van der Waals surface area contributed by atoms with Gasteiger partial charge in [-0.15, -0.1) is 0 Å². The second-order valence-corrected chi connectivity index (χ2v) is 8.02. The van der Waals surface area contributed by atoms with Crippen molar-refractivity contribution < 1.29 is 22.3 Å². The van der Waals surface area contributed by atoms with Crippen molar-refractivity contribution in [2.75, 3.05) is 21.2 Å². The molecule has 0 amide bonds. The van der Waals surface area contributed by atoms with Gasteiger partial charge in [0.05, 0.1) is 17.7 Å². The molecule has 3 aromatic rings. The summed E-state index contributed by atoms with van der Waals surface area (Å²) in [6.45, 7) is 0. The highest BCUT2D eigenvalue weighted by atomic mass is 32.2. The first-order valence-corrected chi connectivity index (χ1v) is 9.11. The van der Waals surface area contributed by atoms with E-state index in [0.717, 1.165) is 4.31 Å². The maximum absolute atomic E-state index is 13.7. The Hall–Kier alpha value is -2.71. The Labute approximate surface area is 150 Å². The lowest BCUT2D eigenvalue weighted by atomic mass is 10.1. The Morgan fingerprint density at radius 3 is 2.50 bits per heavy atom. The third-order valence-electron chi connectivity index (χ3n) is 4.14. The molecule has 0 aliphatic rings. The Kier molecular flexibility index (Phi) is 4.55. The zero-order chi connectivity index (χ0) is 19.1. The van der Waals surface area contributed by atoms with Crippen LogP contribution in [0, 0.1) is 5.82 Å². The van der Waals surface area contributed by atoms with E-state index in [2.05, 4.69) is 4.98 Å². The van der Waals surface area contributed by atoms with Crippen molar-refractivity contribution in [3.63, 3.8) is 0 Å². The maximum atomic E-state index is 13.7. The molecule has 0 aliphatic heterocycles. The number of H-pyrrole nitrogens is 1. The minimum Gasteiger partial charge on any atom is -0.496 e. The molecule has 1 N–H and O–H groups in total. The summed E-state index contributed by atoms with van der Waals surface area (Å²) in [7, 11) is 0.658. The number of nitrogens with one attached hydrogen (secondary N) is 1. The van der Waals surface area contributed by atoms with Crippen LogP contribution in [0.2, 0.25) is 0 Å². The fraction of sp³-hybridized carbons (Fsp3) is 0.167. The number of carbonyl (C=O) groups excluding carboxylic acids is 1. The van der Waals surface area contributed by atoms with Crippen LogP contribution < -0.4 is 4.74 Å². The van der Waals surface area contributed by atoms with E-state index in [0.29, 0.717) is 34.2 Å². The van der Waals surface area contributed by atoms with Gasteiger partial charge in [0.2, 0.25) is 10.0 Å². The molecule has 8 heteroatoms. The van der Waals surface area contributed by atoms with Gasteiger partial charge in [-0.05, 0) is 36.4 Å². The molecular weight excluding hydrogens is 359 g/mol. The number of hydrogen-bond acceptors (Lipinski definition) is 4. The highest BCUT2D eigenvalue weighted by Crippen LogP contribution is 2.36. The van der Waals surface area contributed by atoms with Gasteiger partial charge in [0.15, 0.2) is 6.29 Å². The molecule has 3 rings (SSSR count). The minimum absolute atomic E-state index is 0.0647. The smallest absolute Gasteiger partial charge is 0.242 e. The van der Waals surface area contributed by atoms with Crippen LogP contribution in [-0.4, -0.2) is 45.2 Å². The number of ether oxygens (including phenoxy) is 1. The molecule has 0 unspecified atom stereocenters. The Morgan fingerprint density at radius 1 is 1.15 bits per heavy atom. The van der Waals surface area contributed by atoms with E-state index in [1.807, 2.05) is 0 Å². The quantitative estimate of drug-likeness (QED) is 0.694. The monoisotopic (exact) mass is 376 g/mol. The molecule has 0 aliphatic carbocycles. The predicted octanol–water partition coefficient (Wildman–Crippen LogP) is 3.05. The van der Waals surface area contributed by atoms with Crippen molar-refractivity contribution in [3.8, 4) is 17.0 Å². The molecule has 0 saturated heterocycles. The second kappa shape index (κ2) is 6.54. The van der Waals surface area contributed by atoms with Crippen LogP contribution in [0.5, 0.6) is 5.75 Å². The number of benzene rings is 2. The van der Waals surface area contributed by atoms with E-state index in [-0.39, 0.29) is 10.5 Å². The summed E-state index contributed by atoms with van der Waals surface area (Å²) in [4.78, 5) is 14.9. The van der Waals surface area contributed by atoms with Crippen molar-refractivity contribution in [2.45, 2.75) is 4.90 Å². The molecule has 0 bridgehead atoms. The summed E-state index contributed by atoms with van der Waals surface area (Å²) in [6.07, 6.45) is 0.616. The molecule has 6 nitrogen and oxygen atoms in total. The fourth-order valence-electron chi connectivity index (χ4n) is 2.77. The lowest BCUT2D eigenvalue weighted by Gasteiger charge is -2.11. The minimum atomic E-state index is -3.65. The number of hydrogen-bond donors (Lipinski definition) is 1. The van der Waals surface area contributed by atoms with Gasteiger partial charge in [-0.25, -0.2) is 17.1 Å². The van der Waals surface area contributed by atoms with Gasteiger partial charge in [0, 0.05) is 36.1 Å². The fourth-order valence-corrected chi connectivity index (χ4v) is 3.70. The third kappa shape index (κ3) is 2.87. The highest BCUT2D eigenvalue weighted by Gasteiger charge is 2.21. The van der Waals surface area contributed by atoms with Crippen LogP contribution >= 0.6 is 0 Å². The number of carbonyl (C=O) groups is 1. The summed E-state index contributed by atoms with van der Waals surface area (Å²) in [5.74, 6) is -0.0885. The van der Waals surface area contributed by atoms with Gasteiger partial charge in [0.1, 0.15) is 11.6 Å². The SMILES string of the molecule is COc1ccc(F)cc1-c1[nH]c2ccc(S(=O)(=O)N(C)C)cc2c1C=O. The predicted molar refractivity (Wildman–Crippen MR) is 96.5 cm³/mol. The van der Waals surface area contributed by atoms with Gasteiger partial charge >= 0.3 is 0 Å². The number of halogens is 1. The van der Waals surface area contributed by atoms with E-state index in [9.17, 15) is 17.6 Å². The Balaban J connectivity index is 2.30. The average Bonchev–Trinajstić information content (AvgIpc) is 2.99. The highest BCUT2D eigenvalue weighted by molar-refractivity contribution is 7.89. The number of sulfonamides is 1. The standard InChI is InChI=1S/C18H17FN2O4S/c1-21(2)26(23,24)12-5-6-16-13(9-12)15(10-22)18(20-16)14-8-11(19)4-7-17(14)25-3/h4-10,20H,1-3H3. The molecule has 1 aromatic heterocycles. The number of rotatable bonds is 5. The first kappa shape index (κ1) is 18.1. The summed E-state index contributed by atoms with van der Waals surface area (Å²) in [5.41, 5.74) is 1.54. The molecule has 0 atom stereocenters. The van der Waals surface area contributed by atoms with Crippen LogP contribution in [0.15, 0.2) is 41.3 Å². The lowest BCUT2D eigenvalue weighted by Crippen LogP contribution is -2.22. The number of aromatic nitrogens is 1. The molecule has 26 heavy (non-hydrogen) atoms. The molecule has 0 radical (unpaired) electrons. The Bertz CT molecular complexity index is 1100. The molecule has 2 aromatic carbocycles. The zero-order valence-corrected chi connectivity index (χ0v) is 15.2. The molecule has 0 fully saturated rings. The van der Waals surface area contributed by atoms with E-state index < -0.39 is 15.8 Å². The van der Waals surface area contributed by atoms with Crippen LogP contribution in [0.1, 0.15) is 10.4 Å². The van der Waals surface area contributed by atoms with Crippen LogP contribution in [0.4, 0.5) is 4.39 Å². The number of methoxy groups -OCH3 is 1. The third-order valence-corrected chi connectivity index (χ3v) is 5.95. The molecule has 136 valence electrons. The van der Waals surface area contributed by atoms with Gasteiger partial charge in [-0.3, -0.25) is 4.79 Å². The number of nitrogens with zero attached hydrogens (tertiary/aromatic N) is 1. The van der Waals surface area contributed by atoms with Crippen molar-refractivity contribution in [1.29, 1.82) is 0 Å². The van der Waals surface area contributed by atoms with Crippen molar-refractivity contribution in [2.24, 2.45) is 0 Å². The van der Waals surface area contributed by atoms with E-state index in [1.54, 1.807) is 6.07 Å². The lowest BCUT2D eigenvalue weighted by molar-refractivity contribution is 0.112. The first-order valence-electron chi connectivity index (χ1n) is 7.67. The normalized spacial score (nSPS) is 11.9. The van der Waals surface area contributed by atoms with E-state index >= 15 is 0 Å². The van der Waals surface area contributed by atoms with Crippen LogP contribution in [0.3, 0.4) is 0 Å². The van der Waals surface area contributed by atoms with Gasteiger partial charge in [0.25, 0.3) is 0 Å².